The van der Waals surface area contributed by atoms with E-state index in [4.69, 9.17) is 5.73 Å². The van der Waals surface area contributed by atoms with Crippen molar-refractivity contribution in [2.45, 2.75) is 13.0 Å². The third kappa shape index (κ3) is 1.75. The number of nitrogens with zero attached hydrogens (tertiary/aromatic N) is 2. The Kier molecular flexibility index (Phi) is 2.34. The van der Waals surface area contributed by atoms with E-state index in [-0.39, 0.29) is 6.04 Å². The lowest BCUT2D eigenvalue weighted by atomic mass is 10.3. The van der Waals surface area contributed by atoms with Crippen LogP contribution >= 0.6 is 15.9 Å². The van der Waals surface area contributed by atoms with Crippen LogP contribution in [-0.2, 0) is 0 Å². The fourth-order valence-electron chi connectivity index (χ4n) is 0.576. The van der Waals surface area contributed by atoms with Crippen LogP contribution in [0.15, 0.2) is 17.0 Å². The third-order valence-corrected chi connectivity index (χ3v) is 1.47. The topological polar surface area (TPSA) is 51.8 Å². The molecule has 1 aromatic heterocycles. The van der Waals surface area contributed by atoms with Gasteiger partial charge in [0.2, 0.25) is 0 Å². The molecule has 0 spiro atoms. The van der Waals surface area contributed by atoms with E-state index in [1.54, 1.807) is 12.4 Å². The van der Waals surface area contributed by atoms with Gasteiger partial charge in [-0.1, -0.05) is 0 Å². The van der Waals surface area contributed by atoms with E-state index in [0.717, 1.165) is 10.3 Å². The van der Waals surface area contributed by atoms with Crippen molar-refractivity contribution in [1.82, 2.24) is 9.97 Å². The highest BCUT2D eigenvalue weighted by Gasteiger charge is 2.00. The van der Waals surface area contributed by atoms with E-state index in [0.29, 0.717) is 0 Å². The predicted molar refractivity (Wildman–Crippen MR) is 42.3 cm³/mol. The van der Waals surface area contributed by atoms with Crippen LogP contribution in [0.4, 0.5) is 0 Å². The van der Waals surface area contributed by atoms with Gasteiger partial charge in [0, 0.05) is 6.04 Å². The van der Waals surface area contributed by atoms with Crippen LogP contribution in [0.3, 0.4) is 0 Å². The summed E-state index contributed by atoms with van der Waals surface area (Å²) in [5.41, 5.74) is 6.36. The normalized spacial score (nSPS) is 13.1. The van der Waals surface area contributed by atoms with Crippen molar-refractivity contribution >= 4 is 15.9 Å². The summed E-state index contributed by atoms with van der Waals surface area (Å²) in [6.45, 7) is 1.87. The van der Waals surface area contributed by atoms with Crippen LogP contribution in [0, 0.1) is 0 Å². The highest BCUT2D eigenvalue weighted by Crippen LogP contribution is 2.08. The molecular formula is C6H8BrN3. The van der Waals surface area contributed by atoms with Gasteiger partial charge in [0.15, 0.2) is 0 Å². The Morgan fingerprint density at radius 3 is 2.70 bits per heavy atom. The smallest absolute Gasteiger partial charge is 0.124 e. The zero-order valence-corrected chi connectivity index (χ0v) is 7.17. The minimum Gasteiger partial charge on any atom is -0.323 e. The summed E-state index contributed by atoms with van der Waals surface area (Å²) in [4.78, 5) is 8.02. The first-order valence-corrected chi connectivity index (χ1v) is 3.72. The monoisotopic (exact) mass is 201 g/mol. The SMILES string of the molecule is C[C@H](N)c1cncc(Br)n1. The molecule has 2 N–H and O–H groups in total. The molecule has 0 unspecified atom stereocenters. The van der Waals surface area contributed by atoms with Gasteiger partial charge in [0.05, 0.1) is 18.1 Å². The number of aromatic nitrogens is 2. The van der Waals surface area contributed by atoms with Gasteiger partial charge < -0.3 is 5.73 Å². The molecule has 1 rings (SSSR count). The largest absolute Gasteiger partial charge is 0.323 e. The zero-order valence-electron chi connectivity index (χ0n) is 5.58. The first kappa shape index (κ1) is 7.63. The van der Waals surface area contributed by atoms with Crippen LogP contribution in [-0.4, -0.2) is 9.97 Å². The molecule has 54 valence electrons. The fraction of sp³-hybridized carbons (Fsp3) is 0.333. The minimum absolute atomic E-state index is 0.0509. The van der Waals surface area contributed by atoms with Crippen molar-refractivity contribution in [1.29, 1.82) is 0 Å². The van der Waals surface area contributed by atoms with E-state index in [1.165, 1.54) is 0 Å². The fourth-order valence-corrected chi connectivity index (χ4v) is 0.899. The maximum absolute atomic E-state index is 5.56. The van der Waals surface area contributed by atoms with Crippen LogP contribution in [0.1, 0.15) is 18.7 Å². The van der Waals surface area contributed by atoms with E-state index in [9.17, 15) is 0 Å². The molecule has 3 nitrogen and oxygen atoms in total. The van der Waals surface area contributed by atoms with Crippen molar-refractivity contribution in [3.63, 3.8) is 0 Å². The molecule has 1 aromatic rings. The number of rotatable bonds is 1. The second-order valence-electron chi connectivity index (χ2n) is 2.06. The number of hydrogen-bond acceptors (Lipinski definition) is 3. The van der Waals surface area contributed by atoms with Crippen molar-refractivity contribution in [2.75, 3.05) is 0 Å². The molecule has 0 saturated carbocycles. The Morgan fingerprint density at radius 2 is 2.30 bits per heavy atom. The molecule has 0 bridgehead atoms. The van der Waals surface area contributed by atoms with Crippen molar-refractivity contribution in [2.24, 2.45) is 5.73 Å². The van der Waals surface area contributed by atoms with Gasteiger partial charge in [-0.15, -0.1) is 0 Å². The van der Waals surface area contributed by atoms with Gasteiger partial charge in [-0.2, -0.15) is 0 Å². The Labute approximate surface area is 67.8 Å². The lowest BCUT2D eigenvalue weighted by Crippen LogP contribution is -2.07. The van der Waals surface area contributed by atoms with Crippen molar-refractivity contribution in [3.05, 3.63) is 22.7 Å². The highest BCUT2D eigenvalue weighted by atomic mass is 79.9. The van der Waals surface area contributed by atoms with Gasteiger partial charge in [-0.05, 0) is 22.9 Å². The molecule has 0 aliphatic rings. The average molecular weight is 202 g/mol. The molecule has 0 aromatic carbocycles. The molecule has 0 aliphatic heterocycles. The molecule has 4 heteroatoms. The summed E-state index contributed by atoms with van der Waals surface area (Å²) in [5, 5.41) is 0. The van der Waals surface area contributed by atoms with Gasteiger partial charge in [-0.3, -0.25) is 4.98 Å². The molecule has 10 heavy (non-hydrogen) atoms. The van der Waals surface area contributed by atoms with E-state index < -0.39 is 0 Å². The first-order valence-electron chi connectivity index (χ1n) is 2.93. The second-order valence-corrected chi connectivity index (χ2v) is 2.87. The highest BCUT2D eigenvalue weighted by molar-refractivity contribution is 9.10. The van der Waals surface area contributed by atoms with Gasteiger partial charge in [-0.25, -0.2) is 4.98 Å². The molecule has 0 amide bonds. The van der Waals surface area contributed by atoms with Gasteiger partial charge in [0.1, 0.15) is 4.60 Å². The van der Waals surface area contributed by atoms with Crippen LogP contribution in [0.25, 0.3) is 0 Å². The summed E-state index contributed by atoms with van der Waals surface area (Å²) in [5.74, 6) is 0. The summed E-state index contributed by atoms with van der Waals surface area (Å²) in [6, 6.07) is -0.0509. The molecule has 1 heterocycles. The zero-order chi connectivity index (χ0) is 7.56. The third-order valence-electron chi connectivity index (χ3n) is 1.09. The van der Waals surface area contributed by atoms with Crippen molar-refractivity contribution < 1.29 is 0 Å². The summed E-state index contributed by atoms with van der Waals surface area (Å²) in [6.07, 6.45) is 3.29. The van der Waals surface area contributed by atoms with Gasteiger partial charge in [0.25, 0.3) is 0 Å². The van der Waals surface area contributed by atoms with Crippen LogP contribution in [0.2, 0.25) is 0 Å². The maximum Gasteiger partial charge on any atom is 0.124 e. The predicted octanol–water partition coefficient (Wildman–Crippen LogP) is 1.26. The molecule has 0 radical (unpaired) electrons. The standard InChI is InChI=1S/C6H8BrN3/c1-4(8)5-2-9-3-6(7)10-5/h2-4H,8H2,1H3/t4-/m0/s1. The van der Waals surface area contributed by atoms with Gasteiger partial charge >= 0.3 is 0 Å². The van der Waals surface area contributed by atoms with Crippen LogP contribution < -0.4 is 5.73 Å². The summed E-state index contributed by atoms with van der Waals surface area (Å²) >= 11 is 3.20. The molecular weight excluding hydrogens is 194 g/mol. The maximum atomic E-state index is 5.56. The first-order chi connectivity index (χ1) is 4.70. The number of nitrogens with two attached hydrogens (primary N) is 1. The Morgan fingerprint density at radius 1 is 1.60 bits per heavy atom. The second kappa shape index (κ2) is 3.07. The van der Waals surface area contributed by atoms with Crippen molar-refractivity contribution in [3.8, 4) is 0 Å². The lowest BCUT2D eigenvalue weighted by Gasteiger charge is -2.01. The Bertz CT molecular complexity index is 224. The molecule has 0 fully saturated rings. The Hall–Kier alpha value is -0.480. The number of halogens is 1. The summed E-state index contributed by atoms with van der Waals surface area (Å²) < 4.78 is 0.724. The average Bonchev–Trinajstić information content (AvgIpc) is 1.88. The van der Waals surface area contributed by atoms with E-state index in [2.05, 4.69) is 25.9 Å². The molecule has 0 saturated heterocycles. The summed E-state index contributed by atoms with van der Waals surface area (Å²) in [7, 11) is 0. The van der Waals surface area contributed by atoms with E-state index >= 15 is 0 Å². The number of hydrogen-bond donors (Lipinski definition) is 1. The quantitative estimate of drug-likeness (QED) is 0.745. The minimum atomic E-state index is -0.0509. The molecule has 1 atom stereocenters. The van der Waals surface area contributed by atoms with E-state index in [1.807, 2.05) is 6.92 Å². The lowest BCUT2D eigenvalue weighted by molar-refractivity contribution is 0.768. The Balaban J connectivity index is 2.96. The molecule has 0 aliphatic carbocycles. The van der Waals surface area contributed by atoms with Crippen LogP contribution in [0.5, 0.6) is 0 Å².